The van der Waals surface area contributed by atoms with Crippen LogP contribution < -0.4 is 5.32 Å². The third kappa shape index (κ3) is 3.68. The lowest BCUT2D eigenvalue weighted by Gasteiger charge is -2.34. The summed E-state index contributed by atoms with van der Waals surface area (Å²) in [6.45, 7) is 7.83. The largest absolute Gasteiger partial charge is 0.341 e. The molecule has 4 heteroatoms. The summed E-state index contributed by atoms with van der Waals surface area (Å²) >= 11 is 0. The number of hydrogen-bond acceptors (Lipinski definition) is 3. The Morgan fingerprint density at radius 3 is 2.71 bits per heavy atom. The molecule has 0 aromatic rings. The van der Waals surface area contributed by atoms with Crippen molar-refractivity contribution >= 4 is 5.91 Å². The molecule has 2 fully saturated rings. The van der Waals surface area contributed by atoms with Crippen LogP contribution in [0.1, 0.15) is 32.6 Å². The van der Waals surface area contributed by atoms with Gasteiger partial charge < -0.3 is 10.2 Å². The Morgan fingerprint density at radius 1 is 1.35 bits per heavy atom. The van der Waals surface area contributed by atoms with Crippen molar-refractivity contribution in [2.24, 2.45) is 0 Å². The van der Waals surface area contributed by atoms with Gasteiger partial charge in [0, 0.05) is 25.7 Å². The van der Waals surface area contributed by atoms with Crippen LogP contribution in [0.2, 0.25) is 0 Å². The Bertz CT molecular complexity index is 247. The first-order valence-corrected chi connectivity index (χ1v) is 7.03. The van der Waals surface area contributed by atoms with E-state index >= 15 is 0 Å². The van der Waals surface area contributed by atoms with Crippen molar-refractivity contribution in [1.29, 1.82) is 0 Å². The smallest absolute Gasteiger partial charge is 0.236 e. The first-order chi connectivity index (χ1) is 8.29. The topological polar surface area (TPSA) is 35.6 Å². The number of likely N-dealkylation sites (tertiary alicyclic amines) is 1. The van der Waals surface area contributed by atoms with E-state index in [1.54, 1.807) is 0 Å². The maximum Gasteiger partial charge on any atom is 0.236 e. The van der Waals surface area contributed by atoms with E-state index in [1.807, 2.05) is 4.90 Å². The fraction of sp³-hybridized carbons (Fsp3) is 0.923. The first-order valence-electron chi connectivity index (χ1n) is 7.03. The summed E-state index contributed by atoms with van der Waals surface area (Å²) in [5, 5.41) is 3.55. The van der Waals surface area contributed by atoms with Gasteiger partial charge in [-0.3, -0.25) is 9.69 Å². The summed E-state index contributed by atoms with van der Waals surface area (Å²) in [5.74, 6) is 0.314. The third-order valence-electron chi connectivity index (χ3n) is 3.91. The highest BCUT2D eigenvalue weighted by atomic mass is 16.2. The predicted molar refractivity (Wildman–Crippen MR) is 69.0 cm³/mol. The molecule has 0 aliphatic carbocycles. The van der Waals surface area contributed by atoms with Crippen molar-refractivity contribution in [1.82, 2.24) is 15.1 Å². The molecule has 2 aliphatic heterocycles. The van der Waals surface area contributed by atoms with Gasteiger partial charge in [-0.2, -0.15) is 0 Å². The van der Waals surface area contributed by atoms with Gasteiger partial charge in [0.05, 0.1) is 6.54 Å². The van der Waals surface area contributed by atoms with Crippen molar-refractivity contribution in [3.05, 3.63) is 0 Å². The van der Waals surface area contributed by atoms with Gasteiger partial charge in [-0.15, -0.1) is 0 Å². The van der Waals surface area contributed by atoms with Crippen molar-refractivity contribution in [2.75, 3.05) is 39.3 Å². The van der Waals surface area contributed by atoms with Crippen LogP contribution >= 0.6 is 0 Å². The van der Waals surface area contributed by atoms with Gasteiger partial charge in [0.2, 0.25) is 5.91 Å². The fourth-order valence-electron chi connectivity index (χ4n) is 2.55. The fourth-order valence-corrected chi connectivity index (χ4v) is 2.55. The summed E-state index contributed by atoms with van der Waals surface area (Å²) in [6, 6.07) is 0.591. The minimum Gasteiger partial charge on any atom is -0.341 e. The normalized spacial score (nSPS) is 24.8. The maximum absolute atomic E-state index is 11.9. The van der Waals surface area contributed by atoms with Gasteiger partial charge in [-0.25, -0.2) is 0 Å². The molecule has 2 rings (SSSR count). The second-order valence-corrected chi connectivity index (χ2v) is 5.21. The monoisotopic (exact) mass is 239 g/mol. The van der Waals surface area contributed by atoms with Gasteiger partial charge >= 0.3 is 0 Å². The molecule has 2 aliphatic rings. The number of likely N-dealkylation sites (N-methyl/N-ethyl adjacent to an activating group) is 1. The average Bonchev–Trinajstić information content (AvgIpc) is 2.27. The zero-order valence-electron chi connectivity index (χ0n) is 11.0. The van der Waals surface area contributed by atoms with E-state index in [0.717, 1.165) is 32.7 Å². The van der Waals surface area contributed by atoms with E-state index in [2.05, 4.69) is 17.1 Å². The van der Waals surface area contributed by atoms with Gasteiger partial charge in [-0.05, 0) is 32.4 Å². The summed E-state index contributed by atoms with van der Waals surface area (Å²) in [6.07, 6.45) is 5.07. The lowest BCUT2D eigenvalue weighted by atomic mass is 10.0. The molecule has 98 valence electrons. The second kappa shape index (κ2) is 6.36. The highest BCUT2D eigenvalue weighted by Crippen LogP contribution is 2.10. The second-order valence-electron chi connectivity index (χ2n) is 5.21. The van der Waals surface area contributed by atoms with Crippen LogP contribution in [0.4, 0.5) is 0 Å². The van der Waals surface area contributed by atoms with E-state index < -0.39 is 0 Å². The van der Waals surface area contributed by atoms with E-state index in [1.165, 1.54) is 25.7 Å². The van der Waals surface area contributed by atoms with Crippen LogP contribution in [-0.4, -0.2) is 61.0 Å². The summed E-state index contributed by atoms with van der Waals surface area (Å²) < 4.78 is 0. The Balaban J connectivity index is 1.72. The Labute approximate surface area is 104 Å². The zero-order chi connectivity index (χ0) is 12.1. The average molecular weight is 239 g/mol. The highest BCUT2D eigenvalue weighted by molar-refractivity contribution is 5.78. The molecule has 0 saturated carbocycles. The Morgan fingerprint density at radius 2 is 2.18 bits per heavy atom. The number of carbonyl (C=O) groups is 1. The molecule has 1 N–H and O–H groups in total. The maximum atomic E-state index is 11.9. The molecule has 0 aromatic heterocycles. The SMILES string of the molecule is CCN(CC(=O)N1CCC1)CC1CCCCN1. The summed E-state index contributed by atoms with van der Waals surface area (Å²) in [5.41, 5.74) is 0. The number of piperidine rings is 1. The van der Waals surface area contributed by atoms with E-state index in [-0.39, 0.29) is 0 Å². The molecule has 2 saturated heterocycles. The van der Waals surface area contributed by atoms with Gasteiger partial charge in [0.25, 0.3) is 0 Å². The van der Waals surface area contributed by atoms with Crippen LogP contribution in [0.5, 0.6) is 0 Å². The lowest BCUT2D eigenvalue weighted by Crippen LogP contribution is -2.50. The number of rotatable bonds is 5. The van der Waals surface area contributed by atoms with Crippen molar-refractivity contribution in [2.45, 2.75) is 38.6 Å². The molecule has 2 heterocycles. The van der Waals surface area contributed by atoms with Crippen molar-refractivity contribution < 1.29 is 4.79 Å². The molecule has 0 spiro atoms. The molecule has 4 nitrogen and oxygen atoms in total. The number of amides is 1. The molecule has 0 aromatic carbocycles. The molecule has 17 heavy (non-hydrogen) atoms. The quantitative estimate of drug-likeness (QED) is 0.766. The first kappa shape index (κ1) is 12.8. The van der Waals surface area contributed by atoms with Crippen LogP contribution in [0, 0.1) is 0 Å². The molecule has 1 amide bonds. The van der Waals surface area contributed by atoms with Crippen molar-refractivity contribution in [3.8, 4) is 0 Å². The predicted octanol–water partition coefficient (Wildman–Crippen LogP) is 0.683. The molecule has 1 atom stereocenters. The Hall–Kier alpha value is -0.610. The van der Waals surface area contributed by atoms with Crippen LogP contribution in [0.15, 0.2) is 0 Å². The molecular formula is C13H25N3O. The van der Waals surface area contributed by atoms with Gasteiger partial charge in [0.15, 0.2) is 0 Å². The van der Waals surface area contributed by atoms with Gasteiger partial charge in [-0.1, -0.05) is 13.3 Å². The third-order valence-corrected chi connectivity index (χ3v) is 3.91. The number of nitrogens with zero attached hydrogens (tertiary/aromatic N) is 2. The molecule has 0 bridgehead atoms. The minimum absolute atomic E-state index is 0.314. The lowest BCUT2D eigenvalue weighted by molar-refractivity contribution is -0.135. The highest BCUT2D eigenvalue weighted by Gasteiger charge is 2.23. The van der Waals surface area contributed by atoms with E-state index in [4.69, 9.17) is 0 Å². The van der Waals surface area contributed by atoms with E-state index in [0.29, 0.717) is 18.5 Å². The summed E-state index contributed by atoms with van der Waals surface area (Å²) in [4.78, 5) is 16.2. The Kier molecular flexibility index (Phi) is 4.80. The van der Waals surface area contributed by atoms with Gasteiger partial charge in [0.1, 0.15) is 0 Å². The number of hydrogen-bond donors (Lipinski definition) is 1. The van der Waals surface area contributed by atoms with E-state index in [9.17, 15) is 4.79 Å². The van der Waals surface area contributed by atoms with Crippen LogP contribution in [-0.2, 0) is 4.79 Å². The molecule has 0 radical (unpaired) electrons. The van der Waals surface area contributed by atoms with Crippen LogP contribution in [0.25, 0.3) is 0 Å². The minimum atomic E-state index is 0.314. The number of nitrogens with one attached hydrogen (secondary N) is 1. The number of carbonyl (C=O) groups excluding carboxylic acids is 1. The standard InChI is InChI=1S/C13H25N3O/c1-2-15(10-12-6-3-4-7-14-12)11-13(17)16-8-5-9-16/h12,14H,2-11H2,1H3. The van der Waals surface area contributed by atoms with Crippen molar-refractivity contribution in [3.63, 3.8) is 0 Å². The zero-order valence-corrected chi connectivity index (χ0v) is 11.0. The van der Waals surface area contributed by atoms with Crippen LogP contribution in [0.3, 0.4) is 0 Å². The molecular weight excluding hydrogens is 214 g/mol. The molecule has 1 unspecified atom stereocenters. The summed E-state index contributed by atoms with van der Waals surface area (Å²) in [7, 11) is 0.